The third kappa shape index (κ3) is 2.19. The Hall–Kier alpha value is -2.17. The van der Waals surface area contributed by atoms with E-state index in [-0.39, 0.29) is 0 Å². The van der Waals surface area contributed by atoms with Crippen LogP contribution in [0.2, 0.25) is 0 Å². The fourth-order valence-electron chi connectivity index (χ4n) is 2.23. The molecule has 100 valence electrons. The molecule has 0 saturated carbocycles. The van der Waals surface area contributed by atoms with E-state index >= 15 is 0 Å². The van der Waals surface area contributed by atoms with E-state index in [4.69, 9.17) is 11.5 Å². The number of benzene rings is 1. The average Bonchev–Trinajstić information content (AvgIpc) is 2.81. The molecule has 0 fully saturated rings. The number of rotatable bonds is 3. The predicted octanol–water partition coefficient (Wildman–Crippen LogP) is 0.667. The summed E-state index contributed by atoms with van der Waals surface area (Å²) in [5.41, 5.74) is 14.7. The zero-order valence-corrected chi connectivity index (χ0v) is 12.4. The molecule has 0 aliphatic rings. The van der Waals surface area contributed by atoms with Crippen molar-refractivity contribution in [2.45, 2.75) is 6.54 Å². The standard InChI is InChI=1S/C14H13N5Se/c15-12-11-10(13(16)20)7-19(14(11)18-8-17-12)6-9-4-2-1-3-5-9/h1-5,7-8H,6H2,(H2,16,20)(H2,15,17,18). The van der Waals surface area contributed by atoms with Crippen molar-refractivity contribution >= 4 is 37.0 Å². The van der Waals surface area contributed by atoms with Gasteiger partial charge in [-0.2, -0.15) is 0 Å². The number of fused-ring (bicyclic) bond motifs is 1. The molecule has 1 aromatic carbocycles. The van der Waals surface area contributed by atoms with Gasteiger partial charge in [0.25, 0.3) is 0 Å². The first-order chi connectivity index (χ1) is 9.66. The molecule has 3 rings (SSSR count). The van der Waals surface area contributed by atoms with Crippen molar-refractivity contribution in [2.75, 3.05) is 5.73 Å². The quantitative estimate of drug-likeness (QED) is 0.692. The fourth-order valence-corrected chi connectivity index (χ4v) is 2.56. The minimum atomic E-state index is 0.440. The van der Waals surface area contributed by atoms with Crippen LogP contribution in [-0.4, -0.2) is 34.7 Å². The summed E-state index contributed by atoms with van der Waals surface area (Å²) < 4.78 is 2.62. The molecule has 2 aromatic heterocycles. The normalized spacial score (nSPS) is 10.8. The van der Waals surface area contributed by atoms with E-state index in [9.17, 15) is 0 Å². The van der Waals surface area contributed by atoms with Crippen molar-refractivity contribution in [2.24, 2.45) is 5.73 Å². The van der Waals surface area contributed by atoms with Crippen LogP contribution in [-0.2, 0) is 6.54 Å². The second-order valence-electron chi connectivity index (χ2n) is 4.48. The number of nitrogens with two attached hydrogens (primary N) is 2. The van der Waals surface area contributed by atoms with Crippen LogP contribution < -0.4 is 11.5 Å². The van der Waals surface area contributed by atoms with Crippen LogP contribution in [0, 0.1) is 0 Å². The summed E-state index contributed by atoms with van der Waals surface area (Å²) in [6.07, 6.45) is 3.42. The Bertz CT molecular complexity index is 779. The molecule has 0 amide bonds. The van der Waals surface area contributed by atoms with E-state index < -0.39 is 0 Å². The Balaban J connectivity index is 2.17. The summed E-state index contributed by atoms with van der Waals surface area (Å²) in [6, 6.07) is 10.2. The molecule has 20 heavy (non-hydrogen) atoms. The van der Waals surface area contributed by atoms with E-state index in [0.717, 1.165) is 16.6 Å². The topological polar surface area (TPSA) is 82.8 Å². The van der Waals surface area contributed by atoms with Gasteiger partial charge in [-0.15, -0.1) is 0 Å². The van der Waals surface area contributed by atoms with Gasteiger partial charge in [0, 0.05) is 0 Å². The van der Waals surface area contributed by atoms with E-state index in [1.54, 1.807) is 0 Å². The van der Waals surface area contributed by atoms with Gasteiger partial charge < -0.3 is 0 Å². The van der Waals surface area contributed by atoms with Crippen molar-refractivity contribution in [3.05, 3.63) is 54.0 Å². The Morgan fingerprint density at radius 3 is 2.65 bits per heavy atom. The van der Waals surface area contributed by atoms with Gasteiger partial charge in [-0.1, -0.05) is 0 Å². The van der Waals surface area contributed by atoms with Crippen molar-refractivity contribution < 1.29 is 0 Å². The van der Waals surface area contributed by atoms with Crippen LogP contribution >= 0.6 is 0 Å². The molecule has 0 atom stereocenters. The molecule has 0 bridgehead atoms. The van der Waals surface area contributed by atoms with Crippen molar-refractivity contribution in [3.63, 3.8) is 0 Å². The van der Waals surface area contributed by atoms with Gasteiger partial charge in [0.1, 0.15) is 0 Å². The summed E-state index contributed by atoms with van der Waals surface area (Å²) in [4.78, 5) is 8.37. The third-order valence-electron chi connectivity index (χ3n) is 3.14. The van der Waals surface area contributed by atoms with Crippen LogP contribution in [0.4, 0.5) is 5.82 Å². The van der Waals surface area contributed by atoms with Crippen LogP contribution in [0.25, 0.3) is 11.0 Å². The van der Waals surface area contributed by atoms with Gasteiger partial charge in [-0.25, -0.2) is 0 Å². The molecule has 0 saturated heterocycles. The number of hydrogen-bond donors (Lipinski definition) is 2. The molecule has 4 N–H and O–H groups in total. The molecule has 0 aliphatic heterocycles. The molecule has 0 unspecified atom stereocenters. The average molecular weight is 330 g/mol. The van der Waals surface area contributed by atoms with E-state index in [1.165, 1.54) is 11.9 Å². The Kier molecular flexibility index (Phi) is 3.26. The molecule has 6 heteroatoms. The van der Waals surface area contributed by atoms with Gasteiger partial charge in [0.05, 0.1) is 0 Å². The Labute approximate surface area is 124 Å². The van der Waals surface area contributed by atoms with Crippen LogP contribution in [0.3, 0.4) is 0 Å². The molecular weight excluding hydrogens is 317 g/mol. The Morgan fingerprint density at radius 2 is 1.95 bits per heavy atom. The molecule has 3 aromatic rings. The molecule has 0 spiro atoms. The van der Waals surface area contributed by atoms with Gasteiger partial charge in [0.15, 0.2) is 0 Å². The van der Waals surface area contributed by atoms with Gasteiger partial charge in [-0.3, -0.25) is 0 Å². The van der Waals surface area contributed by atoms with Crippen molar-refractivity contribution in [3.8, 4) is 0 Å². The molecule has 2 heterocycles. The number of hydrogen-bond acceptors (Lipinski definition) is 4. The molecule has 0 radical (unpaired) electrons. The summed E-state index contributed by atoms with van der Waals surface area (Å²) >= 11 is 2.82. The van der Waals surface area contributed by atoms with E-state index in [2.05, 4.69) is 37.7 Å². The van der Waals surface area contributed by atoms with Gasteiger partial charge in [-0.05, 0) is 0 Å². The number of anilines is 1. The first-order valence-corrected chi connectivity index (χ1v) is 6.95. The second-order valence-corrected chi connectivity index (χ2v) is 5.40. The second kappa shape index (κ2) is 5.07. The summed E-state index contributed by atoms with van der Waals surface area (Å²) in [5.74, 6) is 0.440. The monoisotopic (exact) mass is 331 g/mol. The zero-order valence-electron chi connectivity index (χ0n) is 10.7. The maximum atomic E-state index is 5.95. The van der Waals surface area contributed by atoms with Gasteiger partial charge in [0.2, 0.25) is 0 Å². The van der Waals surface area contributed by atoms with Crippen LogP contribution in [0.5, 0.6) is 0 Å². The summed E-state index contributed by atoms with van der Waals surface area (Å²) in [5, 5.41) is 0.791. The Morgan fingerprint density at radius 1 is 1.20 bits per heavy atom. The predicted molar refractivity (Wildman–Crippen MR) is 81.5 cm³/mol. The maximum absolute atomic E-state index is 5.95. The van der Waals surface area contributed by atoms with Crippen molar-refractivity contribution in [1.29, 1.82) is 0 Å². The first-order valence-electron chi connectivity index (χ1n) is 6.10. The zero-order chi connectivity index (χ0) is 14.1. The molecular formula is C14H13N5Se. The van der Waals surface area contributed by atoms with Crippen LogP contribution in [0.15, 0.2) is 42.9 Å². The fraction of sp³-hybridized carbons (Fsp3) is 0.0714. The summed E-state index contributed by atoms with van der Waals surface area (Å²) in [7, 11) is 0. The SMILES string of the molecule is NC(=[Se])c1cn(Cc2ccccc2)c2ncnc(N)c12. The molecule has 5 nitrogen and oxygen atoms in total. The van der Waals surface area contributed by atoms with Crippen LogP contribution in [0.1, 0.15) is 11.1 Å². The minimum absolute atomic E-state index is 0.440. The first kappa shape index (κ1) is 12.8. The number of nitrogen functional groups attached to an aromatic ring is 1. The number of aromatic nitrogens is 3. The van der Waals surface area contributed by atoms with E-state index in [0.29, 0.717) is 16.9 Å². The third-order valence-corrected chi connectivity index (χ3v) is 3.61. The van der Waals surface area contributed by atoms with E-state index in [1.807, 2.05) is 29.0 Å². The van der Waals surface area contributed by atoms with Crippen molar-refractivity contribution in [1.82, 2.24) is 14.5 Å². The molecule has 0 aliphatic carbocycles. The summed E-state index contributed by atoms with van der Waals surface area (Å²) in [6.45, 7) is 0.709. The number of nitrogens with zero attached hydrogens (tertiary/aromatic N) is 3. The van der Waals surface area contributed by atoms with Gasteiger partial charge >= 0.3 is 123 Å².